The highest BCUT2D eigenvalue weighted by Crippen LogP contribution is 2.25. The van der Waals surface area contributed by atoms with Crippen molar-refractivity contribution in [3.8, 4) is 40.6 Å². The van der Waals surface area contributed by atoms with Crippen LogP contribution in [0.3, 0.4) is 0 Å². The maximum absolute atomic E-state index is 8.95. The molecule has 3 aromatic carbocycles. The van der Waals surface area contributed by atoms with E-state index in [0.717, 1.165) is 40.0 Å². The Labute approximate surface area is 173 Å². The van der Waals surface area contributed by atoms with E-state index >= 15 is 0 Å². The first kappa shape index (κ1) is 20.3. The fraction of sp³-hybridized carbons (Fsp3) is 0.185. The van der Waals surface area contributed by atoms with Crippen LogP contribution < -0.4 is 4.74 Å². The van der Waals surface area contributed by atoms with E-state index in [2.05, 4.69) is 60.1 Å². The number of benzene rings is 3. The van der Waals surface area contributed by atoms with Gasteiger partial charge in [-0.2, -0.15) is 0 Å². The Hall–Kier alpha value is -3.46. The summed E-state index contributed by atoms with van der Waals surface area (Å²) >= 11 is 0. The Balaban J connectivity index is 1.81. The minimum atomic E-state index is 0.0691. The molecule has 0 saturated heterocycles. The molecule has 144 valence electrons. The summed E-state index contributed by atoms with van der Waals surface area (Å²) in [6.07, 6.45) is 1.27. The molecule has 3 rings (SSSR count). The van der Waals surface area contributed by atoms with Crippen LogP contribution in [0.1, 0.15) is 36.5 Å². The quantitative estimate of drug-likeness (QED) is 0.598. The van der Waals surface area contributed by atoms with Crippen LogP contribution in [0.2, 0.25) is 0 Å². The number of ether oxygens (including phenoxy) is 1. The van der Waals surface area contributed by atoms with Crippen molar-refractivity contribution in [2.45, 2.75) is 26.4 Å². The van der Waals surface area contributed by atoms with E-state index in [0.29, 0.717) is 13.0 Å². The molecular weight excluding hydrogens is 356 g/mol. The van der Waals surface area contributed by atoms with E-state index in [1.165, 1.54) is 0 Å². The van der Waals surface area contributed by atoms with Crippen molar-refractivity contribution in [3.05, 3.63) is 89.5 Å². The molecule has 0 saturated carbocycles. The Morgan fingerprint density at radius 3 is 2.14 bits per heavy atom. The van der Waals surface area contributed by atoms with Gasteiger partial charge in [-0.25, -0.2) is 0 Å². The molecule has 2 heteroatoms. The van der Waals surface area contributed by atoms with Crippen LogP contribution in [0.4, 0.5) is 0 Å². The largest absolute Gasteiger partial charge is 0.489 e. The van der Waals surface area contributed by atoms with Gasteiger partial charge in [-0.1, -0.05) is 73.1 Å². The molecule has 0 heterocycles. The third-order valence-electron chi connectivity index (χ3n) is 4.25. The molecule has 0 amide bonds. The SMILES string of the molecule is CCC#Cc1cc(C#CCCO)cc(-c2ccc(OCc3ccccc3)cc2)c1. The van der Waals surface area contributed by atoms with Gasteiger partial charge in [-0.3, -0.25) is 0 Å². The van der Waals surface area contributed by atoms with Crippen molar-refractivity contribution in [3.63, 3.8) is 0 Å². The molecule has 2 nitrogen and oxygen atoms in total. The second-order valence-corrected chi connectivity index (χ2v) is 6.53. The average Bonchev–Trinajstić information content (AvgIpc) is 2.77. The van der Waals surface area contributed by atoms with Crippen LogP contribution in [0, 0.1) is 23.7 Å². The van der Waals surface area contributed by atoms with Crippen LogP contribution in [0.5, 0.6) is 5.75 Å². The zero-order valence-electron chi connectivity index (χ0n) is 16.6. The first-order valence-electron chi connectivity index (χ1n) is 9.79. The Bertz CT molecular complexity index is 1040. The number of aliphatic hydroxyl groups excluding tert-OH is 1. The van der Waals surface area contributed by atoms with Gasteiger partial charge in [0.05, 0.1) is 6.61 Å². The zero-order valence-corrected chi connectivity index (χ0v) is 16.6. The summed E-state index contributed by atoms with van der Waals surface area (Å²) < 4.78 is 5.88. The number of hydrogen-bond donors (Lipinski definition) is 1. The maximum atomic E-state index is 8.95. The first-order valence-corrected chi connectivity index (χ1v) is 9.79. The lowest BCUT2D eigenvalue weighted by molar-refractivity contribution is 0.305. The number of hydrogen-bond acceptors (Lipinski definition) is 2. The summed E-state index contributed by atoms with van der Waals surface area (Å²) in [5.74, 6) is 13.3. The monoisotopic (exact) mass is 380 g/mol. The van der Waals surface area contributed by atoms with Gasteiger partial charge < -0.3 is 9.84 Å². The second kappa shape index (κ2) is 10.8. The van der Waals surface area contributed by atoms with Crippen LogP contribution in [0.15, 0.2) is 72.8 Å². The average molecular weight is 380 g/mol. The summed E-state index contributed by atoms with van der Waals surface area (Å²) in [6.45, 7) is 2.65. The Morgan fingerprint density at radius 2 is 1.48 bits per heavy atom. The second-order valence-electron chi connectivity index (χ2n) is 6.53. The van der Waals surface area contributed by atoms with Crippen LogP contribution in [0.25, 0.3) is 11.1 Å². The van der Waals surface area contributed by atoms with E-state index in [1.807, 2.05) is 43.3 Å². The Morgan fingerprint density at radius 1 is 0.793 bits per heavy atom. The van der Waals surface area contributed by atoms with E-state index in [-0.39, 0.29) is 6.61 Å². The normalized spacial score (nSPS) is 9.72. The van der Waals surface area contributed by atoms with Crippen LogP contribution >= 0.6 is 0 Å². The lowest BCUT2D eigenvalue weighted by atomic mass is 9.99. The molecule has 0 atom stereocenters. The van der Waals surface area contributed by atoms with Gasteiger partial charge in [0.1, 0.15) is 12.4 Å². The highest BCUT2D eigenvalue weighted by atomic mass is 16.5. The van der Waals surface area contributed by atoms with E-state index in [9.17, 15) is 0 Å². The summed E-state index contributed by atoms with van der Waals surface area (Å²) in [6, 6.07) is 24.3. The molecular formula is C27H24O2. The summed E-state index contributed by atoms with van der Waals surface area (Å²) in [5.41, 5.74) is 5.14. The molecule has 0 bridgehead atoms. The Kier molecular flexibility index (Phi) is 7.53. The van der Waals surface area contributed by atoms with Crippen molar-refractivity contribution in [2.24, 2.45) is 0 Å². The lowest BCUT2D eigenvalue weighted by Gasteiger charge is -2.08. The van der Waals surface area contributed by atoms with Crippen molar-refractivity contribution < 1.29 is 9.84 Å². The molecule has 0 aromatic heterocycles. The van der Waals surface area contributed by atoms with Crippen molar-refractivity contribution in [1.82, 2.24) is 0 Å². The molecule has 0 aliphatic rings. The molecule has 0 unspecified atom stereocenters. The van der Waals surface area contributed by atoms with Gasteiger partial charge >= 0.3 is 0 Å². The highest BCUT2D eigenvalue weighted by molar-refractivity contribution is 5.68. The van der Waals surface area contributed by atoms with Gasteiger partial charge in [-0.15, -0.1) is 0 Å². The molecule has 1 N–H and O–H groups in total. The highest BCUT2D eigenvalue weighted by Gasteiger charge is 2.03. The van der Waals surface area contributed by atoms with Crippen LogP contribution in [-0.4, -0.2) is 11.7 Å². The van der Waals surface area contributed by atoms with E-state index in [4.69, 9.17) is 9.84 Å². The summed E-state index contributed by atoms with van der Waals surface area (Å²) in [4.78, 5) is 0. The van der Waals surface area contributed by atoms with Gasteiger partial charge in [0, 0.05) is 24.0 Å². The molecule has 3 aromatic rings. The fourth-order valence-electron chi connectivity index (χ4n) is 2.83. The van der Waals surface area contributed by atoms with Gasteiger partial charge in [0.25, 0.3) is 0 Å². The number of rotatable bonds is 5. The molecule has 0 fully saturated rings. The van der Waals surface area contributed by atoms with Gasteiger partial charge in [0.2, 0.25) is 0 Å². The molecule has 0 spiro atoms. The van der Waals surface area contributed by atoms with Gasteiger partial charge in [-0.05, 0) is 47.0 Å². The third kappa shape index (κ3) is 6.28. The summed E-state index contributed by atoms with van der Waals surface area (Å²) in [5, 5.41) is 8.95. The van der Waals surface area contributed by atoms with Crippen molar-refractivity contribution in [2.75, 3.05) is 6.61 Å². The molecule has 29 heavy (non-hydrogen) atoms. The van der Waals surface area contributed by atoms with Crippen molar-refractivity contribution in [1.29, 1.82) is 0 Å². The summed E-state index contributed by atoms with van der Waals surface area (Å²) in [7, 11) is 0. The smallest absolute Gasteiger partial charge is 0.119 e. The molecule has 0 aliphatic heterocycles. The van der Waals surface area contributed by atoms with E-state index < -0.39 is 0 Å². The minimum Gasteiger partial charge on any atom is -0.489 e. The van der Waals surface area contributed by atoms with Crippen LogP contribution in [-0.2, 0) is 6.61 Å². The maximum Gasteiger partial charge on any atom is 0.119 e. The number of aliphatic hydroxyl groups is 1. The standard InChI is InChI=1S/C27H24O2/c1-2-3-9-23-18-24(12-7-8-17-28)20-26(19-23)25-13-15-27(16-14-25)29-21-22-10-5-4-6-11-22/h4-6,10-11,13-16,18-20,28H,2,8,17,21H2,1H3. The predicted octanol–water partition coefficient (Wildman–Crippen LogP) is 5.43. The first-order chi connectivity index (χ1) is 14.3. The minimum absolute atomic E-state index is 0.0691. The fourth-order valence-corrected chi connectivity index (χ4v) is 2.83. The predicted molar refractivity (Wildman–Crippen MR) is 118 cm³/mol. The molecule has 0 radical (unpaired) electrons. The third-order valence-corrected chi connectivity index (χ3v) is 4.25. The van der Waals surface area contributed by atoms with E-state index in [1.54, 1.807) is 0 Å². The van der Waals surface area contributed by atoms with Crippen molar-refractivity contribution >= 4 is 0 Å². The zero-order chi connectivity index (χ0) is 20.3. The topological polar surface area (TPSA) is 29.5 Å². The van der Waals surface area contributed by atoms with Gasteiger partial charge in [0.15, 0.2) is 0 Å². The molecule has 0 aliphatic carbocycles. The lowest BCUT2D eigenvalue weighted by Crippen LogP contribution is -1.94.